The van der Waals surface area contributed by atoms with Crippen molar-refractivity contribution in [2.24, 2.45) is 0 Å². The second-order valence-corrected chi connectivity index (χ2v) is 5.30. The van der Waals surface area contributed by atoms with Crippen LogP contribution in [0.2, 0.25) is 0 Å². The molecule has 0 aromatic rings. The molecular formula is C15H26F3NO. The standard InChI is InChI=1S/C15H26F3NO/c1-2-19-14(10-11-20-12-15(16,17)18)13-8-6-4-3-5-7-9-13/h8,14,19H,2-7,9-12H2,1H3. The third kappa shape index (κ3) is 7.90. The van der Waals surface area contributed by atoms with Gasteiger partial charge in [0.15, 0.2) is 0 Å². The molecule has 5 heteroatoms. The molecule has 0 fully saturated rings. The summed E-state index contributed by atoms with van der Waals surface area (Å²) in [4.78, 5) is 0. The van der Waals surface area contributed by atoms with Crippen LogP contribution < -0.4 is 5.32 Å². The molecule has 0 amide bonds. The maximum Gasteiger partial charge on any atom is 0.411 e. The van der Waals surface area contributed by atoms with E-state index in [1.807, 2.05) is 6.92 Å². The van der Waals surface area contributed by atoms with Gasteiger partial charge in [-0.1, -0.05) is 31.4 Å². The van der Waals surface area contributed by atoms with Gasteiger partial charge in [-0.3, -0.25) is 0 Å². The molecule has 20 heavy (non-hydrogen) atoms. The normalized spacial score (nSPS) is 19.1. The van der Waals surface area contributed by atoms with Crippen LogP contribution in [0.3, 0.4) is 0 Å². The van der Waals surface area contributed by atoms with Crippen molar-refractivity contribution in [3.05, 3.63) is 11.6 Å². The van der Waals surface area contributed by atoms with E-state index >= 15 is 0 Å². The predicted molar refractivity (Wildman–Crippen MR) is 74.7 cm³/mol. The highest BCUT2D eigenvalue weighted by molar-refractivity contribution is 5.11. The molecule has 0 aromatic heterocycles. The average Bonchev–Trinajstić information content (AvgIpc) is 2.32. The molecule has 0 radical (unpaired) electrons. The molecule has 1 N–H and O–H groups in total. The van der Waals surface area contributed by atoms with E-state index in [9.17, 15) is 13.2 Å². The van der Waals surface area contributed by atoms with Gasteiger partial charge in [0.25, 0.3) is 0 Å². The molecule has 0 saturated heterocycles. The molecule has 0 aromatic carbocycles. The molecule has 0 spiro atoms. The minimum absolute atomic E-state index is 0.147. The lowest BCUT2D eigenvalue weighted by Gasteiger charge is -2.23. The smallest absolute Gasteiger partial charge is 0.372 e. The quantitative estimate of drug-likeness (QED) is 0.560. The van der Waals surface area contributed by atoms with Gasteiger partial charge in [0, 0.05) is 12.6 Å². The minimum Gasteiger partial charge on any atom is -0.372 e. The number of ether oxygens (including phenoxy) is 1. The van der Waals surface area contributed by atoms with E-state index in [0.29, 0.717) is 6.42 Å². The van der Waals surface area contributed by atoms with Gasteiger partial charge in [0.05, 0.1) is 0 Å². The lowest BCUT2D eigenvalue weighted by atomic mass is 9.93. The second-order valence-electron chi connectivity index (χ2n) is 5.30. The van der Waals surface area contributed by atoms with Crippen molar-refractivity contribution in [3.63, 3.8) is 0 Å². The van der Waals surface area contributed by atoms with Gasteiger partial charge in [-0.25, -0.2) is 0 Å². The molecular weight excluding hydrogens is 267 g/mol. The molecule has 1 aliphatic carbocycles. The summed E-state index contributed by atoms with van der Waals surface area (Å²) in [5, 5.41) is 3.37. The average molecular weight is 293 g/mol. The van der Waals surface area contributed by atoms with Crippen molar-refractivity contribution in [2.75, 3.05) is 19.8 Å². The molecule has 1 rings (SSSR count). The first-order valence-electron chi connectivity index (χ1n) is 7.59. The number of likely N-dealkylation sites (N-methyl/N-ethyl adjacent to an activating group) is 1. The number of alkyl halides is 3. The lowest BCUT2D eigenvalue weighted by Crippen LogP contribution is -2.33. The maximum atomic E-state index is 12.0. The first-order valence-corrected chi connectivity index (χ1v) is 7.59. The van der Waals surface area contributed by atoms with Gasteiger partial charge in [-0.15, -0.1) is 0 Å². The molecule has 2 nitrogen and oxygen atoms in total. The van der Waals surface area contributed by atoms with Crippen LogP contribution in [0.15, 0.2) is 11.6 Å². The Morgan fingerprint density at radius 2 is 2.00 bits per heavy atom. The molecule has 1 unspecified atom stereocenters. The highest BCUT2D eigenvalue weighted by Gasteiger charge is 2.27. The SMILES string of the molecule is CCNC(CCOCC(F)(F)F)C1=CCCCCCC1. The highest BCUT2D eigenvalue weighted by Crippen LogP contribution is 2.21. The second kappa shape index (κ2) is 9.40. The number of hydrogen-bond donors (Lipinski definition) is 1. The summed E-state index contributed by atoms with van der Waals surface area (Å²) in [5.41, 5.74) is 1.35. The molecule has 0 aliphatic heterocycles. The number of hydrogen-bond acceptors (Lipinski definition) is 2. The van der Waals surface area contributed by atoms with Crippen molar-refractivity contribution >= 4 is 0 Å². The Bertz CT molecular complexity index is 289. The maximum absolute atomic E-state index is 12.0. The van der Waals surface area contributed by atoms with Crippen LogP contribution in [0.25, 0.3) is 0 Å². The summed E-state index contributed by atoms with van der Waals surface area (Å²) < 4.78 is 40.8. The zero-order valence-electron chi connectivity index (χ0n) is 12.3. The van der Waals surface area contributed by atoms with Crippen LogP contribution in [-0.2, 0) is 4.74 Å². The number of allylic oxidation sites excluding steroid dienone is 1. The zero-order chi connectivity index (χ0) is 14.8. The van der Waals surface area contributed by atoms with E-state index in [2.05, 4.69) is 11.4 Å². The lowest BCUT2D eigenvalue weighted by molar-refractivity contribution is -0.174. The fraction of sp³-hybridized carbons (Fsp3) is 0.867. The molecule has 1 atom stereocenters. The molecule has 118 valence electrons. The minimum atomic E-state index is -4.23. The van der Waals surface area contributed by atoms with E-state index in [1.165, 1.54) is 31.3 Å². The Morgan fingerprint density at radius 3 is 2.70 bits per heavy atom. The summed E-state index contributed by atoms with van der Waals surface area (Å²) in [6.45, 7) is 1.84. The van der Waals surface area contributed by atoms with E-state index in [1.54, 1.807) is 0 Å². The summed E-state index contributed by atoms with van der Waals surface area (Å²) in [6.07, 6.45) is 5.71. The predicted octanol–water partition coefficient (Wildman–Crippen LogP) is 4.21. The zero-order valence-corrected chi connectivity index (χ0v) is 12.3. The third-order valence-electron chi connectivity index (χ3n) is 3.54. The summed E-state index contributed by atoms with van der Waals surface area (Å²) in [5.74, 6) is 0. The first kappa shape index (κ1) is 17.5. The molecule has 0 heterocycles. The van der Waals surface area contributed by atoms with Gasteiger partial charge in [0.2, 0.25) is 0 Å². The van der Waals surface area contributed by atoms with E-state index < -0.39 is 12.8 Å². The van der Waals surface area contributed by atoms with Crippen LogP contribution in [-0.4, -0.2) is 32.0 Å². The van der Waals surface area contributed by atoms with Crippen LogP contribution in [0.5, 0.6) is 0 Å². The molecule has 1 aliphatic rings. The van der Waals surface area contributed by atoms with Crippen molar-refractivity contribution in [2.45, 2.75) is 64.1 Å². The van der Waals surface area contributed by atoms with Gasteiger partial charge in [-0.2, -0.15) is 13.2 Å². The van der Waals surface area contributed by atoms with Crippen molar-refractivity contribution in [1.29, 1.82) is 0 Å². The fourth-order valence-corrected chi connectivity index (χ4v) is 2.59. The van der Waals surface area contributed by atoms with Gasteiger partial charge in [0.1, 0.15) is 6.61 Å². The largest absolute Gasteiger partial charge is 0.411 e. The van der Waals surface area contributed by atoms with E-state index in [4.69, 9.17) is 4.74 Å². The first-order chi connectivity index (χ1) is 9.53. The van der Waals surface area contributed by atoms with E-state index in [0.717, 1.165) is 19.4 Å². The monoisotopic (exact) mass is 293 g/mol. The van der Waals surface area contributed by atoms with Gasteiger partial charge in [-0.05, 0) is 38.6 Å². The van der Waals surface area contributed by atoms with Crippen LogP contribution in [0, 0.1) is 0 Å². The topological polar surface area (TPSA) is 21.3 Å². The fourth-order valence-electron chi connectivity index (χ4n) is 2.59. The summed E-state index contributed by atoms with van der Waals surface area (Å²) >= 11 is 0. The number of rotatable bonds is 7. The van der Waals surface area contributed by atoms with Crippen molar-refractivity contribution < 1.29 is 17.9 Å². The molecule has 0 bridgehead atoms. The Labute approximate surface area is 119 Å². The van der Waals surface area contributed by atoms with Crippen molar-refractivity contribution in [1.82, 2.24) is 5.32 Å². The van der Waals surface area contributed by atoms with Crippen LogP contribution >= 0.6 is 0 Å². The number of halogens is 3. The Kier molecular flexibility index (Phi) is 8.22. The third-order valence-corrected chi connectivity index (χ3v) is 3.54. The molecule has 0 saturated carbocycles. The number of nitrogens with one attached hydrogen (secondary N) is 1. The Balaban J connectivity index is 2.41. The van der Waals surface area contributed by atoms with Crippen LogP contribution in [0.1, 0.15) is 51.9 Å². The summed E-state index contributed by atoms with van der Waals surface area (Å²) in [6, 6.07) is 0.159. The Morgan fingerprint density at radius 1 is 1.25 bits per heavy atom. The van der Waals surface area contributed by atoms with Gasteiger partial charge >= 0.3 is 6.18 Å². The Hall–Kier alpha value is -0.550. The van der Waals surface area contributed by atoms with E-state index in [-0.39, 0.29) is 12.6 Å². The van der Waals surface area contributed by atoms with Gasteiger partial charge < -0.3 is 10.1 Å². The highest BCUT2D eigenvalue weighted by atomic mass is 19.4. The summed E-state index contributed by atoms with van der Waals surface area (Å²) in [7, 11) is 0. The van der Waals surface area contributed by atoms with Crippen LogP contribution in [0.4, 0.5) is 13.2 Å². The van der Waals surface area contributed by atoms with Crippen molar-refractivity contribution in [3.8, 4) is 0 Å².